The fourth-order valence-electron chi connectivity index (χ4n) is 3.42. The van der Waals surface area contributed by atoms with Crippen molar-refractivity contribution in [2.75, 3.05) is 43.4 Å². The number of piperazine rings is 1. The van der Waals surface area contributed by atoms with Crippen LogP contribution < -0.4 is 10.2 Å². The molecule has 0 bridgehead atoms. The number of nitrogens with zero attached hydrogens (tertiary/aromatic N) is 2. The third kappa shape index (κ3) is 3.73. The number of carbonyl (C=O) groups excluding carboxylic acids is 1. The lowest BCUT2D eigenvalue weighted by atomic mass is 10.1. The number of anilines is 2. The standard InChI is InChI=1S/C21H24N4O/c1-24-10-12-25(13-11-24)19-5-3-18(4-6-19)23-21(26)15-16-2-7-20-17(14-16)8-9-22-20/h2-9,14,22H,10-13,15H2,1H3,(H,23,26). The highest BCUT2D eigenvalue weighted by Gasteiger charge is 2.14. The summed E-state index contributed by atoms with van der Waals surface area (Å²) in [6, 6.07) is 16.2. The molecule has 1 fully saturated rings. The number of amides is 1. The van der Waals surface area contributed by atoms with Crippen LogP contribution in [0.4, 0.5) is 11.4 Å². The number of rotatable bonds is 4. The first-order valence-electron chi connectivity index (χ1n) is 9.07. The number of hydrogen-bond donors (Lipinski definition) is 2. The second-order valence-electron chi connectivity index (χ2n) is 6.96. The Bertz CT molecular complexity index is 892. The third-order valence-corrected chi connectivity index (χ3v) is 5.00. The maximum absolute atomic E-state index is 12.3. The molecule has 1 aliphatic rings. The molecular formula is C21H24N4O. The number of likely N-dealkylation sites (N-methyl/N-ethyl adjacent to an activating group) is 1. The molecule has 5 heteroatoms. The van der Waals surface area contributed by atoms with E-state index in [-0.39, 0.29) is 5.91 Å². The molecule has 1 aliphatic heterocycles. The second kappa shape index (κ2) is 7.22. The average Bonchev–Trinajstić information content (AvgIpc) is 3.11. The predicted molar refractivity (Wildman–Crippen MR) is 107 cm³/mol. The van der Waals surface area contributed by atoms with E-state index in [1.54, 1.807) is 0 Å². The highest BCUT2D eigenvalue weighted by atomic mass is 16.1. The summed E-state index contributed by atoms with van der Waals surface area (Å²) in [7, 11) is 2.16. The summed E-state index contributed by atoms with van der Waals surface area (Å²) in [6.07, 6.45) is 2.29. The summed E-state index contributed by atoms with van der Waals surface area (Å²) >= 11 is 0. The largest absolute Gasteiger partial charge is 0.369 e. The Morgan fingerprint density at radius 2 is 1.81 bits per heavy atom. The summed E-state index contributed by atoms with van der Waals surface area (Å²) in [6.45, 7) is 4.27. The van der Waals surface area contributed by atoms with Crippen LogP contribution in [0.2, 0.25) is 0 Å². The van der Waals surface area contributed by atoms with E-state index in [0.717, 1.165) is 48.3 Å². The lowest BCUT2D eigenvalue weighted by Gasteiger charge is -2.34. The van der Waals surface area contributed by atoms with E-state index in [1.807, 2.05) is 36.5 Å². The molecule has 0 saturated carbocycles. The normalized spacial score (nSPS) is 15.3. The Balaban J connectivity index is 1.36. The van der Waals surface area contributed by atoms with Gasteiger partial charge in [0.1, 0.15) is 0 Å². The molecule has 4 rings (SSSR count). The molecule has 2 aromatic carbocycles. The highest BCUT2D eigenvalue weighted by molar-refractivity contribution is 5.93. The van der Waals surface area contributed by atoms with Crippen LogP contribution in [0.15, 0.2) is 54.7 Å². The van der Waals surface area contributed by atoms with Crippen molar-refractivity contribution in [3.05, 3.63) is 60.3 Å². The molecule has 0 unspecified atom stereocenters. The maximum atomic E-state index is 12.3. The van der Waals surface area contributed by atoms with Gasteiger partial charge in [-0.1, -0.05) is 6.07 Å². The number of benzene rings is 2. The van der Waals surface area contributed by atoms with Crippen LogP contribution in [0.25, 0.3) is 10.9 Å². The minimum atomic E-state index is 0.00670. The molecule has 2 N–H and O–H groups in total. The minimum absolute atomic E-state index is 0.00670. The second-order valence-corrected chi connectivity index (χ2v) is 6.96. The molecular weight excluding hydrogens is 324 g/mol. The SMILES string of the molecule is CN1CCN(c2ccc(NC(=O)Cc3ccc4[nH]ccc4c3)cc2)CC1. The summed E-state index contributed by atoms with van der Waals surface area (Å²) in [5, 5.41) is 4.13. The monoisotopic (exact) mass is 348 g/mol. The lowest BCUT2D eigenvalue weighted by Crippen LogP contribution is -2.44. The number of aromatic nitrogens is 1. The fourth-order valence-corrected chi connectivity index (χ4v) is 3.42. The first kappa shape index (κ1) is 16.7. The molecule has 2 heterocycles. The summed E-state index contributed by atoms with van der Waals surface area (Å²) in [5.74, 6) is 0.00670. The first-order chi connectivity index (χ1) is 12.7. The van der Waals surface area contributed by atoms with Crippen molar-refractivity contribution in [2.45, 2.75) is 6.42 Å². The molecule has 5 nitrogen and oxygen atoms in total. The lowest BCUT2D eigenvalue weighted by molar-refractivity contribution is -0.115. The Hall–Kier alpha value is -2.79. The van der Waals surface area contributed by atoms with Crippen molar-refractivity contribution in [1.29, 1.82) is 0 Å². The van der Waals surface area contributed by atoms with Crippen LogP contribution in [-0.2, 0) is 11.2 Å². The fraction of sp³-hybridized carbons (Fsp3) is 0.286. The number of hydrogen-bond acceptors (Lipinski definition) is 3. The Labute approximate surface area is 153 Å². The van der Waals surface area contributed by atoms with Crippen LogP contribution >= 0.6 is 0 Å². The number of H-pyrrole nitrogens is 1. The van der Waals surface area contributed by atoms with Gasteiger partial charge in [-0.3, -0.25) is 4.79 Å². The Morgan fingerprint density at radius 1 is 1.04 bits per heavy atom. The molecule has 3 aromatic rings. The van der Waals surface area contributed by atoms with E-state index in [0.29, 0.717) is 6.42 Å². The van der Waals surface area contributed by atoms with Crippen molar-refractivity contribution >= 4 is 28.2 Å². The first-order valence-corrected chi connectivity index (χ1v) is 9.07. The summed E-state index contributed by atoms with van der Waals surface area (Å²) in [5.41, 5.74) is 4.17. The van der Waals surface area contributed by atoms with Crippen LogP contribution in [0.3, 0.4) is 0 Å². The molecule has 0 aliphatic carbocycles. The molecule has 26 heavy (non-hydrogen) atoms. The van der Waals surface area contributed by atoms with E-state index in [9.17, 15) is 4.79 Å². The Kier molecular flexibility index (Phi) is 4.63. The molecule has 0 radical (unpaired) electrons. The molecule has 134 valence electrons. The van der Waals surface area contributed by atoms with Gasteiger partial charge in [-0.15, -0.1) is 0 Å². The molecule has 1 saturated heterocycles. The van der Waals surface area contributed by atoms with Gasteiger partial charge in [0.05, 0.1) is 6.42 Å². The highest BCUT2D eigenvalue weighted by Crippen LogP contribution is 2.20. The zero-order valence-electron chi connectivity index (χ0n) is 15.0. The van der Waals surface area contributed by atoms with Gasteiger partial charge in [0, 0.05) is 49.3 Å². The Morgan fingerprint density at radius 3 is 2.58 bits per heavy atom. The van der Waals surface area contributed by atoms with Crippen LogP contribution in [0.1, 0.15) is 5.56 Å². The third-order valence-electron chi connectivity index (χ3n) is 5.00. The van der Waals surface area contributed by atoms with Crippen molar-refractivity contribution in [1.82, 2.24) is 9.88 Å². The van der Waals surface area contributed by atoms with Crippen molar-refractivity contribution in [3.8, 4) is 0 Å². The predicted octanol–water partition coefficient (Wildman–Crippen LogP) is 3.10. The average molecular weight is 348 g/mol. The van der Waals surface area contributed by atoms with Crippen LogP contribution in [0.5, 0.6) is 0 Å². The topological polar surface area (TPSA) is 51.4 Å². The van der Waals surface area contributed by atoms with Gasteiger partial charge in [-0.25, -0.2) is 0 Å². The van der Waals surface area contributed by atoms with Crippen molar-refractivity contribution in [2.24, 2.45) is 0 Å². The van der Waals surface area contributed by atoms with Gasteiger partial charge in [0.25, 0.3) is 0 Å². The smallest absolute Gasteiger partial charge is 0.228 e. The number of aromatic amines is 1. The van der Waals surface area contributed by atoms with E-state index in [1.165, 1.54) is 5.69 Å². The van der Waals surface area contributed by atoms with Gasteiger partial charge in [0.15, 0.2) is 0 Å². The van der Waals surface area contributed by atoms with Gasteiger partial charge in [-0.2, -0.15) is 0 Å². The van der Waals surface area contributed by atoms with E-state index in [4.69, 9.17) is 0 Å². The molecule has 0 atom stereocenters. The van der Waals surface area contributed by atoms with Gasteiger partial charge in [0.2, 0.25) is 5.91 Å². The minimum Gasteiger partial charge on any atom is -0.369 e. The number of nitrogens with one attached hydrogen (secondary N) is 2. The van der Waals surface area contributed by atoms with Crippen molar-refractivity contribution < 1.29 is 4.79 Å². The van der Waals surface area contributed by atoms with Crippen LogP contribution in [0, 0.1) is 0 Å². The van der Waals surface area contributed by atoms with E-state index >= 15 is 0 Å². The van der Waals surface area contributed by atoms with Crippen LogP contribution in [-0.4, -0.2) is 49.0 Å². The summed E-state index contributed by atoms with van der Waals surface area (Å²) in [4.78, 5) is 20.2. The van der Waals surface area contributed by atoms with E-state index in [2.05, 4.69) is 45.3 Å². The van der Waals surface area contributed by atoms with Gasteiger partial charge in [-0.05, 0) is 60.5 Å². The summed E-state index contributed by atoms with van der Waals surface area (Å²) < 4.78 is 0. The molecule has 1 amide bonds. The van der Waals surface area contributed by atoms with Gasteiger partial charge < -0.3 is 20.1 Å². The maximum Gasteiger partial charge on any atom is 0.228 e. The quantitative estimate of drug-likeness (QED) is 0.762. The molecule has 1 aromatic heterocycles. The molecule has 0 spiro atoms. The van der Waals surface area contributed by atoms with Gasteiger partial charge >= 0.3 is 0 Å². The van der Waals surface area contributed by atoms with Crippen molar-refractivity contribution in [3.63, 3.8) is 0 Å². The zero-order valence-corrected chi connectivity index (χ0v) is 15.0. The zero-order chi connectivity index (χ0) is 17.9. The number of carbonyl (C=O) groups is 1. The van der Waals surface area contributed by atoms with E-state index < -0.39 is 0 Å². The number of fused-ring (bicyclic) bond motifs is 1.